The Bertz CT molecular complexity index is 502. The molecule has 1 aromatic carbocycles. The smallest absolute Gasteiger partial charge is 0.168 e. The minimum absolute atomic E-state index is 0.211. The van der Waals surface area contributed by atoms with Gasteiger partial charge in [-0.1, -0.05) is 0 Å². The van der Waals surface area contributed by atoms with Gasteiger partial charge in [0.15, 0.2) is 6.29 Å². The molecule has 0 spiro atoms. The molecule has 16 heavy (non-hydrogen) atoms. The van der Waals surface area contributed by atoms with E-state index in [4.69, 9.17) is 0 Å². The number of hydrogen-bond donors (Lipinski definition) is 0. The summed E-state index contributed by atoms with van der Waals surface area (Å²) in [5.41, 5.74) is 0.809. The maximum absolute atomic E-state index is 12.9. The minimum atomic E-state index is -0.636. The lowest BCUT2D eigenvalue weighted by molar-refractivity contribution is 0.111. The van der Waals surface area contributed by atoms with Gasteiger partial charge < -0.3 is 4.57 Å². The molecule has 2 aromatic rings. The number of aromatic nitrogens is 2. The summed E-state index contributed by atoms with van der Waals surface area (Å²) < 4.78 is 27.3. The molecular weight excluding hydrogens is 214 g/mol. The number of carbonyl (C=O) groups is 1. The van der Waals surface area contributed by atoms with E-state index in [9.17, 15) is 13.6 Å². The van der Waals surface area contributed by atoms with Gasteiger partial charge in [0, 0.05) is 12.6 Å². The Morgan fingerprint density at radius 1 is 1.25 bits per heavy atom. The van der Waals surface area contributed by atoms with Gasteiger partial charge in [-0.25, -0.2) is 13.8 Å². The highest BCUT2D eigenvalue weighted by Crippen LogP contribution is 2.10. The fourth-order valence-electron chi connectivity index (χ4n) is 1.46. The van der Waals surface area contributed by atoms with Crippen LogP contribution in [0.15, 0.2) is 30.7 Å². The molecule has 0 amide bonds. The molecule has 0 unspecified atom stereocenters. The Kier molecular flexibility index (Phi) is 2.76. The van der Waals surface area contributed by atoms with Crippen molar-refractivity contribution < 1.29 is 13.6 Å². The molecule has 0 N–H and O–H groups in total. The van der Waals surface area contributed by atoms with Crippen molar-refractivity contribution in [2.45, 2.75) is 6.54 Å². The molecule has 2 rings (SSSR count). The van der Waals surface area contributed by atoms with Gasteiger partial charge >= 0.3 is 0 Å². The number of nitrogens with zero attached hydrogens (tertiary/aromatic N) is 2. The standard InChI is InChI=1S/C11H8F2N2O/c12-9-1-8(2-10(13)3-9)5-15-7-14-4-11(15)6-16/h1-4,6-7H,5H2. The van der Waals surface area contributed by atoms with Gasteiger partial charge in [0.25, 0.3) is 0 Å². The normalized spacial score (nSPS) is 10.4. The Labute approximate surface area is 90.3 Å². The topological polar surface area (TPSA) is 34.9 Å². The summed E-state index contributed by atoms with van der Waals surface area (Å²) in [6.07, 6.45) is 3.47. The van der Waals surface area contributed by atoms with Crippen LogP contribution < -0.4 is 0 Å². The summed E-state index contributed by atoms with van der Waals surface area (Å²) in [5.74, 6) is -1.27. The molecule has 0 fully saturated rings. The second kappa shape index (κ2) is 4.22. The van der Waals surface area contributed by atoms with Crippen LogP contribution in [0.25, 0.3) is 0 Å². The van der Waals surface area contributed by atoms with Crippen LogP contribution in [0.4, 0.5) is 8.78 Å². The lowest BCUT2D eigenvalue weighted by Crippen LogP contribution is -2.03. The maximum Gasteiger partial charge on any atom is 0.168 e. The van der Waals surface area contributed by atoms with Gasteiger partial charge in [0.2, 0.25) is 0 Å². The Hall–Kier alpha value is -2.04. The van der Waals surface area contributed by atoms with Crippen LogP contribution >= 0.6 is 0 Å². The molecular formula is C11H8F2N2O. The number of halogens is 2. The van der Waals surface area contributed by atoms with Gasteiger partial charge in [0.05, 0.1) is 12.5 Å². The van der Waals surface area contributed by atoms with E-state index in [0.29, 0.717) is 17.5 Å². The molecule has 0 aliphatic carbocycles. The van der Waals surface area contributed by atoms with Gasteiger partial charge in [-0.15, -0.1) is 0 Å². The van der Waals surface area contributed by atoms with Crippen molar-refractivity contribution in [3.05, 3.63) is 53.6 Å². The van der Waals surface area contributed by atoms with Crippen molar-refractivity contribution in [1.82, 2.24) is 9.55 Å². The summed E-state index contributed by atoms with van der Waals surface area (Å²) in [6.45, 7) is 0.211. The number of imidazole rings is 1. The second-order valence-corrected chi connectivity index (χ2v) is 3.34. The van der Waals surface area contributed by atoms with Crippen molar-refractivity contribution in [2.75, 3.05) is 0 Å². The predicted molar refractivity (Wildman–Crippen MR) is 53.1 cm³/mol. The average Bonchev–Trinajstić information content (AvgIpc) is 2.63. The zero-order valence-corrected chi connectivity index (χ0v) is 8.23. The number of rotatable bonds is 3. The van der Waals surface area contributed by atoms with Gasteiger partial charge in [-0.05, 0) is 17.7 Å². The molecule has 0 atom stereocenters. The molecule has 1 heterocycles. The van der Waals surface area contributed by atoms with Crippen molar-refractivity contribution in [2.24, 2.45) is 0 Å². The Balaban J connectivity index is 2.30. The highest BCUT2D eigenvalue weighted by atomic mass is 19.1. The summed E-state index contributed by atoms with van der Waals surface area (Å²) in [6, 6.07) is 3.24. The summed E-state index contributed by atoms with van der Waals surface area (Å²) >= 11 is 0. The predicted octanol–water partition coefficient (Wildman–Crippen LogP) is 2.02. The first-order chi connectivity index (χ1) is 7.69. The quantitative estimate of drug-likeness (QED) is 0.744. The zero-order valence-electron chi connectivity index (χ0n) is 8.23. The van der Waals surface area contributed by atoms with E-state index < -0.39 is 11.6 Å². The molecule has 0 aliphatic rings. The van der Waals surface area contributed by atoms with Crippen molar-refractivity contribution >= 4 is 6.29 Å². The largest absolute Gasteiger partial charge is 0.324 e. The molecule has 1 aromatic heterocycles. The molecule has 0 bridgehead atoms. The van der Waals surface area contributed by atoms with E-state index in [-0.39, 0.29) is 6.54 Å². The van der Waals surface area contributed by atoms with Crippen LogP contribution in [0.2, 0.25) is 0 Å². The number of carbonyl (C=O) groups excluding carboxylic acids is 1. The highest BCUT2D eigenvalue weighted by Gasteiger charge is 2.04. The monoisotopic (exact) mass is 222 g/mol. The second-order valence-electron chi connectivity index (χ2n) is 3.34. The van der Waals surface area contributed by atoms with Crippen LogP contribution in [0.5, 0.6) is 0 Å². The Morgan fingerprint density at radius 2 is 1.94 bits per heavy atom. The van der Waals surface area contributed by atoms with E-state index in [1.54, 1.807) is 0 Å². The van der Waals surface area contributed by atoms with E-state index in [2.05, 4.69) is 4.98 Å². The van der Waals surface area contributed by atoms with Crippen molar-refractivity contribution in [3.63, 3.8) is 0 Å². The van der Waals surface area contributed by atoms with Crippen LogP contribution in [-0.2, 0) is 6.54 Å². The minimum Gasteiger partial charge on any atom is -0.324 e. The van der Waals surface area contributed by atoms with Crippen molar-refractivity contribution in [3.8, 4) is 0 Å². The fraction of sp³-hybridized carbons (Fsp3) is 0.0909. The van der Waals surface area contributed by atoms with Crippen molar-refractivity contribution in [1.29, 1.82) is 0 Å². The maximum atomic E-state index is 12.9. The third kappa shape index (κ3) is 2.13. The molecule has 0 saturated heterocycles. The number of benzene rings is 1. The van der Waals surface area contributed by atoms with Gasteiger partial charge in [-0.2, -0.15) is 0 Å². The summed E-state index contributed by atoms with van der Waals surface area (Å²) in [7, 11) is 0. The lowest BCUT2D eigenvalue weighted by Gasteiger charge is -2.04. The third-order valence-corrected chi connectivity index (χ3v) is 2.14. The molecule has 0 saturated carbocycles. The van der Waals surface area contributed by atoms with Crippen LogP contribution in [0.3, 0.4) is 0 Å². The SMILES string of the molecule is O=Cc1cncn1Cc1cc(F)cc(F)c1. The summed E-state index contributed by atoms with van der Waals surface area (Å²) in [4.78, 5) is 14.4. The van der Waals surface area contributed by atoms with Gasteiger partial charge in [0.1, 0.15) is 17.3 Å². The van der Waals surface area contributed by atoms with Gasteiger partial charge in [-0.3, -0.25) is 4.79 Å². The van der Waals surface area contributed by atoms with E-state index in [1.807, 2.05) is 0 Å². The first kappa shape index (κ1) is 10.5. The molecule has 3 nitrogen and oxygen atoms in total. The first-order valence-corrected chi connectivity index (χ1v) is 4.59. The molecule has 82 valence electrons. The van der Waals surface area contributed by atoms with Crippen LogP contribution in [0, 0.1) is 11.6 Å². The highest BCUT2D eigenvalue weighted by molar-refractivity contribution is 5.71. The lowest BCUT2D eigenvalue weighted by atomic mass is 10.2. The first-order valence-electron chi connectivity index (χ1n) is 4.59. The molecule has 0 radical (unpaired) electrons. The Morgan fingerprint density at radius 3 is 2.56 bits per heavy atom. The fourth-order valence-corrected chi connectivity index (χ4v) is 1.46. The number of aldehydes is 1. The van der Waals surface area contributed by atoms with E-state index in [0.717, 1.165) is 6.07 Å². The van der Waals surface area contributed by atoms with E-state index >= 15 is 0 Å². The average molecular weight is 222 g/mol. The zero-order chi connectivity index (χ0) is 11.5. The molecule has 0 aliphatic heterocycles. The summed E-state index contributed by atoms with van der Waals surface area (Å²) in [5, 5.41) is 0. The van der Waals surface area contributed by atoms with Crippen LogP contribution in [0.1, 0.15) is 16.1 Å². The third-order valence-electron chi connectivity index (χ3n) is 2.14. The number of hydrogen-bond acceptors (Lipinski definition) is 2. The van der Waals surface area contributed by atoms with E-state index in [1.165, 1.54) is 29.2 Å². The molecule has 5 heteroatoms. The van der Waals surface area contributed by atoms with Crippen LogP contribution in [-0.4, -0.2) is 15.8 Å².